The van der Waals surface area contributed by atoms with Crippen molar-refractivity contribution in [2.75, 3.05) is 5.73 Å². The van der Waals surface area contributed by atoms with Crippen LogP contribution in [0.5, 0.6) is 0 Å². The maximum Gasteiger partial charge on any atom is 0.142 e. The van der Waals surface area contributed by atoms with Crippen molar-refractivity contribution in [2.45, 2.75) is 6.92 Å². The lowest BCUT2D eigenvalue weighted by atomic mass is 10.4. The SMILES string of the molecule is Cc1cccc2nc(N)cn12. The third-order valence-corrected chi connectivity index (χ3v) is 1.71. The lowest BCUT2D eigenvalue weighted by Crippen LogP contribution is -1.86. The van der Waals surface area contributed by atoms with Crippen LogP contribution >= 0.6 is 0 Å². The highest BCUT2D eigenvalue weighted by molar-refractivity contribution is 5.47. The number of nitrogens with zero attached hydrogens (tertiary/aromatic N) is 2. The molecule has 0 radical (unpaired) electrons. The molecular weight excluding hydrogens is 138 g/mol. The maximum atomic E-state index is 5.53. The van der Waals surface area contributed by atoms with Crippen LogP contribution in [-0.4, -0.2) is 9.38 Å². The summed E-state index contributed by atoms with van der Waals surface area (Å²) >= 11 is 0. The number of rotatable bonds is 0. The van der Waals surface area contributed by atoms with E-state index in [1.807, 2.05) is 35.7 Å². The van der Waals surface area contributed by atoms with E-state index >= 15 is 0 Å². The van der Waals surface area contributed by atoms with Crippen molar-refractivity contribution in [1.82, 2.24) is 9.38 Å². The number of nitrogens with two attached hydrogens (primary N) is 1. The normalized spacial score (nSPS) is 10.6. The molecule has 0 aliphatic rings. The molecule has 0 fully saturated rings. The highest BCUT2D eigenvalue weighted by Crippen LogP contribution is 2.08. The molecular formula is C8H9N3. The summed E-state index contributed by atoms with van der Waals surface area (Å²) in [4.78, 5) is 4.11. The van der Waals surface area contributed by atoms with E-state index in [1.165, 1.54) is 0 Å². The van der Waals surface area contributed by atoms with E-state index in [9.17, 15) is 0 Å². The number of imidazole rings is 1. The number of aromatic nitrogens is 2. The quantitative estimate of drug-likeness (QED) is 0.609. The summed E-state index contributed by atoms with van der Waals surface area (Å²) in [7, 11) is 0. The van der Waals surface area contributed by atoms with Gasteiger partial charge in [0.2, 0.25) is 0 Å². The van der Waals surface area contributed by atoms with Crippen LogP contribution in [0.15, 0.2) is 24.4 Å². The molecule has 3 heteroatoms. The van der Waals surface area contributed by atoms with Gasteiger partial charge in [-0.25, -0.2) is 4.98 Å². The second-order valence-electron chi connectivity index (χ2n) is 2.56. The van der Waals surface area contributed by atoms with Crippen LogP contribution in [-0.2, 0) is 0 Å². The van der Waals surface area contributed by atoms with Gasteiger partial charge >= 0.3 is 0 Å². The zero-order valence-corrected chi connectivity index (χ0v) is 6.28. The lowest BCUT2D eigenvalue weighted by Gasteiger charge is -1.95. The molecule has 0 atom stereocenters. The Labute approximate surface area is 64.5 Å². The summed E-state index contributed by atoms with van der Waals surface area (Å²) in [6, 6.07) is 5.93. The Morgan fingerprint density at radius 2 is 2.27 bits per heavy atom. The molecule has 0 saturated carbocycles. The van der Waals surface area contributed by atoms with E-state index in [1.54, 1.807) is 0 Å². The molecule has 0 bridgehead atoms. The Balaban J connectivity index is 2.90. The Morgan fingerprint density at radius 3 is 3.00 bits per heavy atom. The third-order valence-electron chi connectivity index (χ3n) is 1.71. The Hall–Kier alpha value is -1.51. The first-order valence-electron chi connectivity index (χ1n) is 3.47. The summed E-state index contributed by atoms with van der Waals surface area (Å²) in [5, 5.41) is 0. The molecule has 56 valence electrons. The van der Waals surface area contributed by atoms with E-state index in [0.717, 1.165) is 11.3 Å². The number of anilines is 1. The van der Waals surface area contributed by atoms with E-state index in [-0.39, 0.29) is 0 Å². The highest BCUT2D eigenvalue weighted by Gasteiger charge is 1.97. The molecule has 3 nitrogen and oxygen atoms in total. The van der Waals surface area contributed by atoms with Gasteiger partial charge in [0.15, 0.2) is 0 Å². The van der Waals surface area contributed by atoms with E-state index in [4.69, 9.17) is 5.73 Å². The lowest BCUT2D eigenvalue weighted by molar-refractivity contribution is 1.09. The second-order valence-corrected chi connectivity index (χ2v) is 2.56. The summed E-state index contributed by atoms with van der Waals surface area (Å²) in [5.74, 6) is 0.569. The van der Waals surface area contributed by atoms with Crippen molar-refractivity contribution in [1.29, 1.82) is 0 Å². The first-order valence-corrected chi connectivity index (χ1v) is 3.47. The zero-order chi connectivity index (χ0) is 7.84. The summed E-state index contributed by atoms with van der Waals surface area (Å²) in [5.41, 5.74) is 7.58. The highest BCUT2D eigenvalue weighted by atomic mass is 15.0. The minimum Gasteiger partial charge on any atom is -0.382 e. The first kappa shape index (κ1) is 6.22. The van der Waals surface area contributed by atoms with Gasteiger partial charge in [-0.1, -0.05) is 6.07 Å². The number of hydrogen-bond donors (Lipinski definition) is 1. The fourth-order valence-corrected chi connectivity index (χ4v) is 1.17. The summed E-state index contributed by atoms with van der Waals surface area (Å²) < 4.78 is 1.97. The van der Waals surface area contributed by atoms with Gasteiger partial charge in [-0.2, -0.15) is 0 Å². The molecule has 2 N–H and O–H groups in total. The maximum absolute atomic E-state index is 5.53. The first-order chi connectivity index (χ1) is 5.27. The number of pyridine rings is 1. The molecule has 0 spiro atoms. The van der Waals surface area contributed by atoms with E-state index < -0.39 is 0 Å². The molecule has 2 rings (SSSR count). The fraction of sp³-hybridized carbons (Fsp3) is 0.125. The van der Waals surface area contributed by atoms with Gasteiger partial charge in [0.1, 0.15) is 11.5 Å². The molecule has 0 aromatic carbocycles. The largest absolute Gasteiger partial charge is 0.382 e. The topological polar surface area (TPSA) is 43.3 Å². The molecule has 0 saturated heterocycles. The zero-order valence-electron chi connectivity index (χ0n) is 6.28. The molecule has 2 aromatic rings. The smallest absolute Gasteiger partial charge is 0.142 e. The predicted octanol–water partition coefficient (Wildman–Crippen LogP) is 1.22. The van der Waals surface area contributed by atoms with E-state index in [2.05, 4.69) is 4.98 Å². The Kier molecular flexibility index (Phi) is 1.12. The number of fused-ring (bicyclic) bond motifs is 1. The van der Waals surface area contributed by atoms with Crippen LogP contribution in [0.4, 0.5) is 5.82 Å². The van der Waals surface area contributed by atoms with Crippen molar-refractivity contribution in [3.05, 3.63) is 30.1 Å². The monoisotopic (exact) mass is 147 g/mol. The predicted molar refractivity (Wildman–Crippen MR) is 44.3 cm³/mol. The summed E-state index contributed by atoms with van der Waals surface area (Å²) in [6.45, 7) is 2.02. The van der Waals surface area contributed by atoms with Crippen LogP contribution in [0.1, 0.15) is 5.69 Å². The van der Waals surface area contributed by atoms with Gasteiger partial charge in [0, 0.05) is 5.69 Å². The average molecular weight is 147 g/mol. The van der Waals surface area contributed by atoms with Crippen LogP contribution in [0.2, 0.25) is 0 Å². The van der Waals surface area contributed by atoms with Crippen molar-refractivity contribution in [3.63, 3.8) is 0 Å². The van der Waals surface area contributed by atoms with E-state index in [0.29, 0.717) is 5.82 Å². The summed E-state index contributed by atoms with van der Waals surface area (Å²) in [6.07, 6.45) is 1.82. The van der Waals surface area contributed by atoms with Gasteiger partial charge < -0.3 is 10.1 Å². The minimum atomic E-state index is 0.569. The van der Waals surface area contributed by atoms with Crippen LogP contribution in [0.3, 0.4) is 0 Å². The van der Waals surface area contributed by atoms with Crippen molar-refractivity contribution < 1.29 is 0 Å². The average Bonchev–Trinajstić information content (AvgIpc) is 2.31. The second kappa shape index (κ2) is 1.99. The Bertz CT molecular complexity index is 389. The minimum absolute atomic E-state index is 0.569. The molecule has 2 aromatic heterocycles. The Morgan fingerprint density at radius 1 is 1.45 bits per heavy atom. The van der Waals surface area contributed by atoms with Gasteiger partial charge in [-0.15, -0.1) is 0 Å². The molecule has 0 unspecified atom stereocenters. The molecule has 11 heavy (non-hydrogen) atoms. The fourth-order valence-electron chi connectivity index (χ4n) is 1.17. The standard InChI is InChI=1S/C8H9N3/c1-6-3-2-4-8-10-7(9)5-11(6)8/h2-5H,9H2,1H3. The molecule has 2 heterocycles. The third kappa shape index (κ3) is 0.852. The van der Waals surface area contributed by atoms with Crippen LogP contribution in [0.25, 0.3) is 5.65 Å². The number of aryl methyl sites for hydroxylation is 1. The molecule has 0 aliphatic carbocycles. The van der Waals surface area contributed by atoms with Gasteiger partial charge in [0.25, 0.3) is 0 Å². The van der Waals surface area contributed by atoms with Crippen LogP contribution < -0.4 is 5.73 Å². The van der Waals surface area contributed by atoms with Crippen molar-refractivity contribution >= 4 is 11.5 Å². The van der Waals surface area contributed by atoms with Gasteiger partial charge in [-0.05, 0) is 19.1 Å². The van der Waals surface area contributed by atoms with Gasteiger partial charge in [-0.3, -0.25) is 0 Å². The molecule has 0 aliphatic heterocycles. The molecule has 0 amide bonds. The van der Waals surface area contributed by atoms with Gasteiger partial charge in [0.05, 0.1) is 6.20 Å². The van der Waals surface area contributed by atoms with Crippen LogP contribution in [0, 0.1) is 6.92 Å². The van der Waals surface area contributed by atoms with Crippen molar-refractivity contribution in [3.8, 4) is 0 Å². The van der Waals surface area contributed by atoms with Crippen molar-refractivity contribution in [2.24, 2.45) is 0 Å². The number of hydrogen-bond acceptors (Lipinski definition) is 2. The number of nitrogen functional groups attached to an aromatic ring is 1.